The van der Waals surface area contributed by atoms with Crippen LogP contribution in [0.3, 0.4) is 0 Å². The lowest BCUT2D eigenvalue weighted by Gasteiger charge is -2.13. The molecule has 4 heteroatoms. The number of hydrogen-bond acceptors (Lipinski definition) is 3. The van der Waals surface area contributed by atoms with Gasteiger partial charge in [-0.05, 0) is 24.6 Å². The number of halogens is 1. The van der Waals surface area contributed by atoms with Crippen LogP contribution in [-0.4, -0.2) is 18.3 Å². The Hall–Kier alpha value is -0.770. The largest absolute Gasteiger partial charge is 0.492 e. The molecule has 1 unspecified atom stereocenters. The average molecular weight is 244 g/mol. The fraction of sp³-hybridized carbons (Fsp3) is 0.500. The topological polar surface area (TPSA) is 55.5 Å². The summed E-state index contributed by atoms with van der Waals surface area (Å²) in [6.07, 6.45) is 0. The maximum absolute atomic E-state index is 8.87. The summed E-state index contributed by atoms with van der Waals surface area (Å²) in [6, 6.07) is 5.48. The molecular weight excluding hydrogens is 226 g/mol. The van der Waals surface area contributed by atoms with E-state index in [1.54, 1.807) is 0 Å². The molecule has 90 valence electrons. The zero-order valence-electron chi connectivity index (χ0n) is 9.61. The smallest absolute Gasteiger partial charge is 0.137 e. The molecule has 0 aliphatic heterocycles. The van der Waals surface area contributed by atoms with Crippen LogP contribution in [0.2, 0.25) is 5.02 Å². The Bertz CT molecular complexity index is 342. The Labute approximate surface area is 101 Å². The van der Waals surface area contributed by atoms with Crippen molar-refractivity contribution in [3.8, 4) is 5.75 Å². The van der Waals surface area contributed by atoms with Crippen LogP contribution in [0.5, 0.6) is 5.75 Å². The summed E-state index contributed by atoms with van der Waals surface area (Å²) in [7, 11) is 0. The Kier molecular flexibility index (Phi) is 5.06. The van der Waals surface area contributed by atoms with Crippen LogP contribution in [0.25, 0.3) is 0 Å². The van der Waals surface area contributed by atoms with E-state index in [2.05, 4.69) is 0 Å². The molecule has 1 rings (SSSR count). The van der Waals surface area contributed by atoms with Gasteiger partial charge in [0.15, 0.2) is 0 Å². The summed E-state index contributed by atoms with van der Waals surface area (Å²) in [4.78, 5) is 0. The van der Waals surface area contributed by atoms with E-state index >= 15 is 0 Å². The Morgan fingerprint density at radius 3 is 2.62 bits per heavy atom. The van der Waals surface area contributed by atoms with Gasteiger partial charge in [0.1, 0.15) is 5.75 Å². The van der Waals surface area contributed by atoms with Crippen molar-refractivity contribution < 1.29 is 9.84 Å². The van der Waals surface area contributed by atoms with E-state index in [1.807, 2.05) is 32.0 Å². The van der Waals surface area contributed by atoms with E-state index in [4.69, 9.17) is 27.2 Å². The van der Waals surface area contributed by atoms with E-state index in [9.17, 15) is 0 Å². The second kappa shape index (κ2) is 6.09. The summed E-state index contributed by atoms with van der Waals surface area (Å²) >= 11 is 6.06. The molecule has 1 aromatic carbocycles. The standard InChI is InChI=1S/C12H18ClNO2/c1-8(6-15)7-16-12-4-3-10(9(2)14)5-11(12)13/h3-5,8-9,15H,6-7,14H2,1-2H3/t8?,9-/m1/s1. The van der Waals surface area contributed by atoms with E-state index in [0.29, 0.717) is 17.4 Å². The number of benzene rings is 1. The first-order chi connectivity index (χ1) is 7.54. The molecule has 0 saturated heterocycles. The first kappa shape index (κ1) is 13.3. The molecule has 3 nitrogen and oxygen atoms in total. The highest BCUT2D eigenvalue weighted by atomic mass is 35.5. The predicted molar refractivity (Wildman–Crippen MR) is 65.8 cm³/mol. The minimum Gasteiger partial charge on any atom is -0.492 e. The zero-order chi connectivity index (χ0) is 12.1. The van der Waals surface area contributed by atoms with E-state index in [0.717, 1.165) is 5.56 Å². The van der Waals surface area contributed by atoms with Crippen molar-refractivity contribution in [3.05, 3.63) is 28.8 Å². The molecule has 2 atom stereocenters. The highest BCUT2D eigenvalue weighted by Gasteiger charge is 2.07. The number of nitrogens with two attached hydrogens (primary N) is 1. The van der Waals surface area contributed by atoms with Crippen LogP contribution < -0.4 is 10.5 Å². The Balaban J connectivity index is 2.68. The molecule has 16 heavy (non-hydrogen) atoms. The van der Waals surface area contributed by atoms with Crippen molar-refractivity contribution in [1.29, 1.82) is 0 Å². The maximum atomic E-state index is 8.87. The molecular formula is C12H18ClNO2. The minimum atomic E-state index is -0.0390. The third-order valence-corrected chi connectivity index (χ3v) is 2.61. The lowest BCUT2D eigenvalue weighted by molar-refractivity contribution is 0.174. The Morgan fingerprint density at radius 1 is 1.44 bits per heavy atom. The summed E-state index contributed by atoms with van der Waals surface area (Å²) in [5.41, 5.74) is 6.72. The van der Waals surface area contributed by atoms with Gasteiger partial charge in [0.2, 0.25) is 0 Å². The molecule has 0 bridgehead atoms. The van der Waals surface area contributed by atoms with Gasteiger partial charge in [0, 0.05) is 18.6 Å². The van der Waals surface area contributed by atoms with Crippen molar-refractivity contribution >= 4 is 11.6 Å². The molecule has 0 aromatic heterocycles. The van der Waals surface area contributed by atoms with Crippen molar-refractivity contribution in [2.24, 2.45) is 11.7 Å². The third-order valence-electron chi connectivity index (χ3n) is 2.32. The number of aliphatic hydroxyl groups excluding tert-OH is 1. The van der Waals surface area contributed by atoms with Gasteiger partial charge >= 0.3 is 0 Å². The number of hydrogen-bond donors (Lipinski definition) is 2. The molecule has 0 heterocycles. The number of aliphatic hydroxyl groups is 1. The van der Waals surface area contributed by atoms with Crippen LogP contribution >= 0.6 is 11.6 Å². The van der Waals surface area contributed by atoms with Crippen LogP contribution in [0, 0.1) is 5.92 Å². The molecule has 0 aliphatic carbocycles. The molecule has 0 radical (unpaired) electrons. The van der Waals surface area contributed by atoms with Crippen LogP contribution in [-0.2, 0) is 0 Å². The summed E-state index contributed by atoms with van der Waals surface area (Å²) < 4.78 is 5.49. The second-order valence-corrected chi connectivity index (χ2v) is 4.48. The summed E-state index contributed by atoms with van der Waals surface area (Å²) in [5, 5.41) is 9.42. The molecule has 3 N–H and O–H groups in total. The van der Waals surface area contributed by atoms with Gasteiger partial charge < -0.3 is 15.6 Å². The van der Waals surface area contributed by atoms with Gasteiger partial charge in [-0.25, -0.2) is 0 Å². The summed E-state index contributed by atoms with van der Waals surface area (Å²) in [5.74, 6) is 0.732. The molecule has 0 saturated carbocycles. The van der Waals surface area contributed by atoms with Gasteiger partial charge in [-0.2, -0.15) is 0 Å². The number of ether oxygens (including phenoxy) is 1. The summed E-state index contributed by atoms with van der Waals surface area (Å²) in [6.45, 7) is 4.37. The monoisotopic (exact) mass is 243 g/mol. The lowest BCUT2D eigenvalue weighted by Crippen LogP contribution is -2.12. The SMILES string of the molecule is CC(CO)COc1ccc([C@@H](C)N)cc1Cl. The molecule has 0 spiro atoms. The van der Waals surface area contributed by atoms with Gasteiger partial charge in [-0.3, -0.25) is 0 Å². The Morgan fingerprint density at radius 2 is 2.12 bits per heavy atom. The first-order valence-corrected chi connectivity index (χ1v) is 5.71. The van der Waals surface area contributed by atoms with Crippen molar-refractivity contribution in [1.82, 2.24) is 0 Å². The molecule has 1 aromatic rings. The molecule has 0 fully saturated rings. The quantitative estimate of drug-likeness (QED) is 0.835. The van der Waals surface area contributed by atoms with Gasteiger partial charge in [-0.15, -0.1) is 0 Å². The van der Waals surface area contributed by atoms with Gasteiger partial charge in [0.05, 0.1) is 11.6 Å². The van der Waals surface area contributed by atoms with Crippen LogP contribution in [0.4, 0.5) is 0 Å². The first-order valence-electron chi connectivity index (χ1n) is 5.33. The van der Waals surface area contributed by atoms with Crippen LogP contribution in [0.1, 0.15) is 25.5 Å². The van der Waals surface area contributed by atoms with Crippen molar-refractivity contribution in [3.63, 3.8) is 0 Å². The van der Waals surface area contributed by atoms with Crippen molar-refractivity contribution in [2.45, 2.75) is 19.9 Å². The van der Waals surface area contributed by atoms with E-state index in [-0.39, 0.29) is 18.6 Å². The molecule has 0 aliphatic rings. The van der Waals surface area contributed by atoms with Crippen LogP contribution in [0.15, 0.2) is 18.2 Å². The highest BCUT2D eigenvalue weighted by Crippen LogP contribution is 2.27. The fourth-order valence-electron chi connectivity index (χ4n) is 1.20. The zero-order valence-corrected chi connectivity index (χ0v) is 10.4. The van der Waals surface area contributed by atoms with Gasteiger partial charge in [0.25, 0.3) is 0 Å². The fourth-order valence-corrected chi connectivity index (χ4v) is 1.45. The minimum absolute atomic E-state index is 0.0390. The lowest BCUT2D eigenvalue weighted by atomic mass is 10.1. The second-order valence-electron chi connectivity index (χ2n) is 4.08. The normalized spacial score (nSPS) is 14.6. The van der Waals surface area contributed by atoms with Gasteiger partial charge in [-0.1, -0.05) is 24.6 Å². The highest BCUT2D eigenvalue weighted by molar-refractivity contribution is 6.32. The maximum Gasteiger partial charge on any atom is 0.137 e. The predicted octanol–water partition coefficient (Wildman–Crippen LogP) is 2.37. The van der Waals surface area contributed by atoms with Crippen molar-refractivity contribution in [2.75, 3.05) is 13.2 Å². The average Bonchev–Trinajstić information content (AvgIpc) is 2.26. The number of rotatable bonds is 5. The van der Waals surface area contributed by atoms with E-state index in [1.165, 1.54) is 0 Å². The third kappa shape index (κ3) is 3.67. The van der Waals surface area contributed by atoms with E-state index < -0.39 is 0 Å². The molecule has 0 amide bonds.